The first-order valence-corrected chi connectivity index (χ1v) is 6.74. The molecule has 3 aromatic rings. The highest BCUT2D eigenvalue weighted by molar-refractivity contribution is 6.03. The maximum Gasteiger partial charge on any atom is 0.274 e. The third kappa shape index (κ3) is 2.74. The van der Waals surface area contributed by atoms with Gasteiger partial charge in [0.05, 0.1) is 12.5 Å². The van der Waals surface area contributed by atoms with E-state index in [0.29, 0.717) is 11.4 Å². The Morgan fingerprint density at radius 2 is 1.95 bits per heavy atom. The summed E-state index contributed by atoms with van der Waals surface area (Å²) >= 11 is 0. The number of hydrogen-bond acceptors (Lipinski definition) is 2. The number of anilines is 1. The van der Waals surface area contributed by atoms with E-state index in [1.165, 1.54) is 6.20 Å². The molecule has 22 heavy (non-hydrogen) atoms. The second kappa shape index (κ2) is 5.98. The van der Waals surface area contributed by atoms with E-state index in [0.717, 1.165) is 11.3 Å². The Bertz CT molecular complexity index is 844. The highest BCUT2D eigenvalue weighted by Gasteiger charge is 2.13. The van der Waals surface area contributed by atoms with E-state index >= 15 is 0 Å². The van der Waals surface area contributed by atoms with Crippen LogP contribution in [0.1, 0.15) is 16.1 Å². The number of carbonyl (C=O) groups is 1. The van der Waals surface area contributed by atoms with Gasteiger partial charge >= 0.3 is 0 Å². The van der Waals surface area contributed by atoms with Crippen LogP contribution in [-0.4, -0.2) is 15.5 Å². The van der Waals surface area contributed by atoms with Crippen LogP contribution in [0.3, 0.4) is 0 Å². The highest BCUT2D eigenvalue weighted by atomic mass is 16.2. The topological polar surface area (TPSA) is 46.9 Å². The molecule has 4 nitrogen and oxygen atoms in total. The van der Waals surface area contributed by atoms with Gasteiger partial charge in [-0.2, -0.15) is 0 Å². The molecule has 4 heteroatoms. The van der Waals surface area contributed by atoms with Crippen LogP contribution >= 0.6 is 0 Å². The molecule has 0 aliphatic carbocycles. The van der Waals surface area contributed by atoms with Crippen molar-refractivity contribution in [2.45, 2.75) is 0 Å². The van der Waals surface area contributed by atoms with Crippen molar-refractivity contribution in [3.63, 3.8) is 0 Å². The monoisotopic (exact) mass is 287 g/mol. The number of rotatable bonds is 3. The number of nitrogens with one attached hydrogen (secondary N) is 1. The second-order valence-corrected chi connectivity index (χ2v) is 4.66. The number of carbonyl (C=O) groups excluding carboxylic acids is 1. The van der Waals surface area contributed by atoms with E-state index in [1.54, 1.807) is 29.1 Å². The average molecular weight is 287 g/mol. The SMILES string of the molecule is C#Cc1cccc(NC(=O)c2cncn2-c2ccccc2)c1. The predicted octanol–water partition coefficient (Wildman–Crippen LogP) is 3.11. The molecule has 3 rings (SSSR count). The third-order valence-corrected chi connectivity index (χ3v) is 3.19. The molecule has 0 bridgehead atoms. The molecule has 0 radical (unpaired) electrons. The largest absolute Gasteiger partial charge is 0.321 e. The van der Waals surface area contributed by atoms with Gasteiger partial charge < -0.3 is 5.32 Å². The van der Waals surface area contributed by atoms with Crippen LogP contribution in [-0.2, 0) is 0 Å². The van der Waals surface area contributed by atoms with E-state index < -0.39 is 0 Å². The van der Waals surface area contributed by atoms with Crippen molar-refractivity contribution in [2.24, 2.45) is 0 Å². The van der Waals surface area contributed by atoms with E-state index in [1.807, 2.05) is 36.4 Å². The standard InChI is InChI=1S/C18H13N3O/c1-2-14-7-6-8-15(11-14)20-18(22)17-12-19-13-21(17)16-9-4-3-5-10-16/h1,3-13H,(H,20,22). The Hall–Kier alpha value is -3.32. The lowest BCUT2D eigenvalue weighted by Crippen LogP contribution is -2.16. The molecular formula is C18H13N3O. The fraction of sp³-hybridized carbons (Fsp3) is 0. The molecule has 1 heterocycles. The van der Waals surface area contributed by atoms with Crippen molar-refractivity contribution in [2.75, 3.05) is 5.32 Å². The Balaban J connectivity index is 1.88. The van der Waals surface area contributed by atoms with Crippen molar-refractivity contribution in [3.8, 4) is 18.0 Å². The van der Waals surface area contributed by atoms with Gasteiger partial charge in [0, 0.05) is 16.9 Å². The summed E-state index contributed by atoms with van der Waals surface area (Å²) in [7, 11) is 0. The van der Waals surface area contributed by atoms with Crippen molar-refractivity contribution in [1.29, 1.82) is 0 Å². The number of hydrogen-bond donors (Lipinski definition) is 1. The summed E-state index contributed by atoms with van der Waals surface area (Å²) in [6, 6.07) is 16.7. The lowest BCUT2D eigenvalue weighted by Gasteiger charge is -2.09. The first-order chi connectivity index (χ1) is 10.8. The molecule has 106 valence electrons. The Kier molecular flexibility index (Phi) is 3.71. The Morgan fingerprint density at radius 1 is 1.14 bits per heavy atom. The van der Waals surface area contributed by atoms with Crippen LogP contribution in [0.15, 0.2) is 67.1 Å². The zero-order valence-corrected chi connectivity index (χ0v) is 11.7. The average Bonchev–Trinajstić information content (AvgIpc) is 3.05. The van der Waals surface area contributed by atoms with Gasteiger partial charge in [-0.1, -0.05) is 30.2 Å². The van der Waals surface area contributed by atoms with E-state index in [9.17, 15) is 4.79 Å². The highest BCUT2D eigenvalue weighted by Crippen LogP contribution is 2.14. The van der Waals surface area contributed by atoms with Gasteiger partial charge in [0.2, 0.25) is 0 Å². The summed E-state index contributed by atoms with van der Waals surface area (Å²) in [5, 5.41) is 2.83. The molecule has 0 unspecified atom stereocenters. The Morgan fingerprint density at radius 3 is 2.73 bits per heavy atom. The van der Waals surface area contributed by atoms with E-state index in [4.69, 9.17) is 6.42 Å². The molecule has 0 spiro atoms. The van der Waals surface area contributed by atoms with Gasteiger partial charge in [0.1, 0.15) is 5.69 Å². The van der Waals surface area contributed by atoms with Gasteiger partial charge in [-0.3, -0.25) is 9.36 Å². The smallest absolute Gasteiger partial charge is 0.274 e. The molecule has 0 atom stereocenters. The predicted molar refractivity (Wildman–Crippen MR) is 85.9 cm³/mol. The van der Waals surface area contributed by atoms with Crippen LogP contribution in [0, 0.1) is 12.3 Å². The summed E-state index contributed by atoms with van der Waals surface area (Å²) in [6.45, 7) is 0. The third-order valence-electron chi connectivity index (χ3n) is 3.19. The second-order valence-electron chi connectivity index (χ2n) is 4.66. The quantitative estimate of drug-likeness (QED) is 0.752. The van der Waals surface area contributed by atoms with Crippen LogP contribution in [0.2, 0.25) is 0 Å². The Labute approximate surface area is 128 Å². The molecule has 0 aliphatic rings. The van der Waals surface area contributed by atoms with E-state index in [2.05, 4.69) is 16.2 Å². The number of amides is 1. The number of para-hydroxylation sites is 1. The molecule has 0 aliphatic heterocycles. The van der Waals surface area contributed by atoms with Crippen LogP contribution in [0.5, 0.6) is 0 Å². The molecule has 2 aromatic carbocycles. The van der Waals surface area contributed by atoms with Crippen molar-refractivity contribution in [1.82, 2.24) is 9.55 Å². The van der Waals surface area contributed by atoms with Crippen molar-refractivity contribution < 1.29 is 4.79 Å². The number of terminal acetylenes is 1. The maximum atomic E-state index is 12.4. The minimum absolute atomic E-state index is 0.240. The van der Waals surface area contributed by atoms with Gasteiger partial charge in [-0.05, 0) is 30.3 Å². The number of imidazole rings is 1. The van der Waals surface area contributed by atoms with Gasteiger partial charge in [-0.15, -0.1) is 6.42 Å². The van der Waals surface area contributed by atoms with Gasteiger partial charge in [0.15, 0.2) is 0 Å². The first kappa shape index (κ1) is 13.7. The summed E-state index contributed by atoms with van der Waals surface area (Å²) in [5.41, 5.74) is 2.70. The molecule has 0 saturated heterocycles. The van der Waals surface area contributed by atoms with Gasteiger partial charge in [0.25, 0.3) is 5.91 Å². The lowest BCUT2D eigenvalue weighted by atomic mass is 10.2. The number of aromatic nitrogens is 2. The summed E-state index contributed by atoms with van der Waals surface area (Å²) < 4.78 is 1.74. The van der Waals surface area contributed by atoms with Gasteiger partial charge in [-0.25, -0.2) is 4.98 Å². The normalized spacial score (nSPS) is 9.95. The summed E-state index contributed by atoms with van der Waals surface area (Å²) in [4.78, 5) is 16.5. The fourth-order valence-electron chi connectivity index (χ4n) is 2.14. The number of nitrogens with zero attached hydrogens (tertiary/aromatic N) is 2. The molecule has 0 fully saturated rings. The lowest BCUT2D eigenvalue weighted by molar-refractivity contribution is 0.102. The maximum absolute atomic E-state index is 12.4. The van der Waals surface area contributed by atoms with Crippen LogP contribution < -0.4 is 5.32 Å². The summed E-state index contributed by atoms with van der Waals surface area (Å²) in [5.74, 6) is 2.30. The molecule has 1 amide bonds. The summed E-state index contributed by atoms with van der Waals surface area (Å²) in [6.07, 6.45) is 8.52. The van der Waals surface area contributed by atoms with Crippen LogP contribution in [0.4, 0.5) is 5.69 Å². The van der Waals surface area contributed by atoms with Crippen LogP contribution in [0.25, 0.3) is 5.69 Å². The zero-order chi connectivity index (χ0) is 15.4. The van der Waals surface area contributed by atoms with E-state index in [-0.39, 0.29) is 5.91 Å². The fourth-order valence-corrected chi connectivity index (χ4v) is 2.14. The minimum atomic E-state index is -0.240. The molecular weight excluding hydrogens is 274 g/mol. The van der Waals surface area contributed by atoms with Crippen molar-refractivity contribution >= 4 is 11.6 Å². The first-order valence-electron chi connectivity index (χ1n) is 6.74. The molecule has 1 N–H and O–H groups in total. The molecule has 0 saturated carbocycles. The zero-order valence-electron chi connectivity index (χ0n) is 11.7. The number of benzene rings is 2. The minimum Gasteiger partial charge on any atom is -0.321 e. The molecule has 1 aromatic heterocycles. The van der Waals surface area contributed by atoms with Crippen molar-refractivity contribution in [3.05, 3.63) is 78.4 Å².